The molecule has 4 aliphatic rings. The Labute approximate surface area is 173 Å². The number of benzene rings is 1. The van der Waals surface area contributed by atoms with Crippen LogP contribution in [0.15, 0.2) is 30.3 Å². The number of carbonyl (C=O) groups is 2. The number of nitrogens with one attached hydrogen (secondary N) is 1. The van der Waals surface area contributed by atoms with Gasteiger partial charge in [-0.1, -0.05) is 41.7 Å². The first-order valence-electron chi connectivity index (χ1n) is 9.93. The summed E-state index contributed by atoms with van der Waals surface area (Å²) in [6, 6.07) is 9.65. The van der Waals surface area contributed by atoms with Crippen molar-refractivity contribution >= 4 is 39.8 Å². The average Bonchev–Trinajstić information content (AvgIpc) is 3.04. The molecule has 146 valence electrons. The molecular formula is C22H23ClN2O2S. The van der Waals surface area contributed by atoms with E-state index >= 15 is 0 Å². The Bertz CT molecular complexity index is 941. The summed E-state index contributed by atoms with van der Waals surface area (Å²) >= 11 is 8.15. The molecule has 2 aromatic rings. The van der Waals surface area contributed by atoms with E-state index in [0.717, 1.165) is 37.7 Å². The van der Waals surface area contributed by atoms with E-state index in [1.807, 2.05) is 30.3 Å². The highest BCUT2D eigenvalue weighted by atomic mass is 35.5. The fraction of sp³-hybridized carbons (Fsp3) is 0.500. The molecule has 2 atom stereocenters. The fourth-order valence-corrected chi connectivity index (χ4v) is 7.62. The van der Waals surface area contributed by atoms with Crippen LogP contribution in [0.25, 0.3) is 11.3 Å². The highest BCUT2D eigenvalue weighted by Gasteiger charge is 2.60. The van der Waals surface area contributed by atoms with Gasteiger partial charge in [-0.05, 0) is 50.4 Å². The molecule has 1 heterocycles. The van der Waals surface area contributed by atoms with Crippen LogP contribution in [-0.4, -0.2) is 21.5 Å². The lowest BCUT2D eigenvalue weighted by atomic mass is 9.49. The second kappa shape index (κ2) is 6.39. The molecular weight excluding hydrogens is 392 g/mol. The van der Waals surface area contributed by atoms with Crippen LogP contribution in [0.4, 0.5) is 5.13 Å². The van der Waals surface area contributed by atoms with Gasteiger partial charge in [0.15, 0.2) is 10.9 Å². The van der Waals surface area contributed by atoms with Crippen molar-refractivity contribution in [3.05, 3.63) is 35.2 Å². The van der Waals surface area contributed by atoms with Gasteiger partial charge in [0.2, 0.25) is 5.91 Å². The highest BCUT2D eigenvalue weighted by Crippen LogP contribution is 2.64. The minimum atomic E-state index is -0.374. The van der Waals surface area contributed by atoms with Crippen molar-refractivity contribution in [2.75, 3.05) is 5.32 Å². The molecule has 4 fully saturated rings. The largest absolute Gasteiger partial charge is 0.301 e. The molecule has 6 heteroatoms. The molecule has 2 unspecified atom stereocenters. The Balaban J connectivity index is 1.44. The van der Waals surface area contributed by atoms with Gasteiger partial charge in [0.05, 0.1) is 16.0 Å². The summed E-state index contributed by atoms with van der Waals surface area (Å²) in [7, 11) is 0. The number of nitrogens with zero attached hydrogens (tertiary/aromatic N) is 1. The summed E-state index contributed by atoms with van der Waals surface area (Å²) in [6.45, 7) is 1.54. The molecule has 1 aromatic heterocycles. The molecule has 4 nitrogen and oxygen atoms in total. The van der Waals surface area contributed by atoms with Gasteiger partial charge < -0.3 is 5.32 Å². The number of hydrogen-bond acceptors (Lipinski definition) is 4. The monoisotopic (exact) mass is 414 g/mol. The molecule has 4 bridgehead atoms. The molecule has 0 saturated heterocycles. The molecule has 0 spiro atoms. The van der Waals surface area contributed by atoms with Gasteiger partial charge in [-0.15, -0.1) is 11.6 Å². The first-order chi connectivity index (χ1) is 13.4. The van der Waals surface area contributed by atoms with Crippen molar-refractivity contribution in [3.8, 4) is 11.3 Å². The lowest BCUT2D eigenvalue weighted by Gasteiger charge is -2.59. The number of halogens is 1. The molecule has 1 aromatic carbocycles. The summed E-state index contributed by atoms with van der Waals surface area (Å²) in [5, 5.41) is 3.57. The zero-order valence-corrected chi connectivity index (χ0v) is 17.4. The van der Waals surface area contributed by atoms with E-state index in [2.05, 4.69) is 10.3 Å². The fourth-order valence-electron chi connectivity index (χ4n) is 6.05. The molecule has 6 rings (SSSR count). The lowest BCUT2D eigenvalue weighted by molar-refractivity contribution is -0.138. The number of anilines is 1. The van der Waals surface area contributed by atoms with Crippen molar-refractivity contribution in [2.45, 2.75) is 50.3 Å². The van der Waals surface area contributed by atoms with Crippen LogP contribution in [-0.2, 0) is 4.79 Å². The smallest absolute Gasteiger partial charge is 0.232 e. The minimum Gasteiger partial charge on any atom is -0.301 e. The normalized spacial score (nSPS) is 33.1. The van der Waals surface area contributed by atoms with Gasteiger partial charge in [0.1, 0.15) is 0 Å². The Morgan fingerprint density at radius 1 is 1.14 bits per heavy atom. The molecule has 4 saturated carbocycles. The number of thiazole rings is 1. The van der Waals surface area contributed by atoms with Crippen molar-refractivity contribution in [2.24, 2.45) is 17.3 Å². The van der Waals surface area contributed by atoms with Crippen LogP contribution in [0.1, 0.15) is 55.1 Å². The first kappa shape index (κ1) is 18.3. The Morgan fingerprint density at radius 2 is 1.82 bits per heavy atom. The van der Waals surface area contributed by atoms with Gasteiger partial charge in [0, 0.05) is 17.4 Å². The van der Waals surface area contributed by atoms with Crippen molar-refractivity contribution < 1.29 is 9.59 Å². The third kappa shape index (κ3) is 3.00. The average molecular weight is 415 g/mol. The molecule has 0 aliphatic heterocycles. The lowest BCUT2D eigenvalue weighted by Crippen LogP contribution is -2.57. The summed E-state index contributed by atoms with van der Waals surface area (Å²) in [4.78, 5) is 30.5. The summed E-state index contributed by atoms with van der Waals surface area (Å²) < 4.78 is 0. The maximum atomic E-state index is 13.3. The third-order valence-electron chi connectivity index (χ3n) is 6.69. The molecule has 0 radical (unpaired) electrons. The summed E-state index contributed by atoms with van der Waals surface area (Å²) in [5.74, 6) is 1.13. The second-order valence-electron chi connectivity index (χ2n) is 8.97. The van der Waals surface area contributed by atoms with E-state index in [-0.39, 0.29) is 22.0 Å². The Hall–Kier alpha value is -1.72. The van der Waals surface area contributed by atoms with Crippen LogP contribution in [0.2, 0.25) is 0 Å². The number of rotatable bonds is 4. The van der Waals surface area contributed by atoms with E-state index in [1.165, 1.54) is 17.8 Å². The Morgan fingerprint density at radius 3 is 2.43 bits per heavy atom. The minimum absolute atomic E-state index is 0.0358. The van der Waals surface area contributed by atoms with Gasteiger partial charge in [-0.3, -0.25) is 9.59 Å². The van der Waals surface area contributed by atoms with Gasteiger partial charge >= 0.3 is 0 Å². The molecule has 1 N–H and O–H groups in total. The SMILES string of the molecule is CC(=O)c1sc(NC(=O)C23CC4CC(CC(Cl)(C4)C2)C3)nc1-c1ccccc1. The predicted molar refractivity (Wildman–Crippen MR) is 112 cm³/mol. The van der Waals surface area contributed by atoms with E-state index in [4.69, 9.17) is 11.6 Å². The van der Waals surface area contributed by atoms with Gasteiger partial charge in [0.25, 0.3) is 0 Å². The van der Waals surface area contributed by atoms with Crippen molar-refractivity contribution in [1.29, 1.82) is 0 Å². The molecule has 1 amide bonds. The number of amides is 1. The van der Waals surface area contributed by atoms with Crippen LogP contribution in [0.3, 0.4) is 0 Å². The number of Topliss-reactive ketones (excluding diaryl/α,β-unsaturated/α-hetero) is 1. The zero-order valence-electron chi connectivity index (χ0n) is 15.8. The number of alkyl halides is 1. The topological polar surface area (TPSA) is 59.1 Å². The van der Waals surface area contributed by atoms with Gasteiger partial charge in [-0.2, -0.15) is 0 Å². The van der Waals surface area contributed by atoms with E-state index in [0.29, 0.717) is 27.5 Å². The quantitative estimate of drug-likeness (QED) is 0.528. The van der Waals surface area contributed by atoms with E-state index in [9.17, 15) is 9.59 Å². The van der Waals surface area contributed by atoms with E-state index < -0.39 is 0 Å². The van der Waals surface area contributed by atoms with E-state index in [1.54, 1.807) is 6.92 Å². The van der Waals surface area contributed by atoms with Crippen LogP contribution < -0.4 is 5.32 Å². The van der Waals surface area contributed by atoms with Crippen LogP contribution >= 0.6 is 22.9 Å². The standard InChI is InChI=1S/C22H23ClN2O2S/c1-13(26)18-17(16-5-3-2-4-6-16)24-20(28-18)25-19(27)21-8-14-7-15(9-21)11-22(23,10-14)12-21/h2-6,14-15H,7-12H2,1H3,(H,24,25,27). The first-order valence-corrected chi connectivity index (χ1v) is 11.1. The van der Waals surface area contributed by atoms with Crippen molar-refractivity contribution in [3.63, 3.8) is 0 Å². The van der Waals surface area contributed by atoms with Crippen LogP contribution in [0, 0.1) is 17.3 Å². The third-order valence-corrected chi connectivity index (χ3v) is 8.20. The van der Waals surface area contributed by atoms with Gasteiger partial charge in [-0.25, -0.2) is 4.98 Å². The van der Waals surface area contributed by atoms with Crippen molar-refractivity contribution in [1.82, 2.24) is 4.98 Å². The zero-order chi connectivity index (χ0) is 19.5. The summed E-state index contributed by atoms with van der Waals surface area (Å²) in [6.07, 6.45) is 5.93. The number of hydrogen-bond donors (Lipinski definition) is 1. The number of ketones is 1. The maximum Gasteiger partial charge on any atom is 0.232 e. The van der Waals surface area contributed by atoms with Crippen LogP contribution in [0.5, 0.6) is 0 Å². The molecule has 28 heavy (non-hydrogen) atoms. The highest BCUT2D eigenvalue weighted by molar-refractivity contribution is 7.18. The second-order valence-corrected chi connectivity index (χ2v) is 10.8. The summed E-state index contributed by atoms with van der Waals surface area (Å²) in [5.41, 5.74) is 1.16. The number of aromatic nitrogens is 1. The predicted octanol–water partition coefficient (Wildman–Crippen LogP) is 5.53. The maximum absolute atomic E-state index is 13.3. The molecule has 4 aliphatic carbocycles. The Kier molecular flexibility index (Phi) is 4.18. The number of carbonyl (C=O) groups excluding carboxylic acids is 2.